The van der Waals surface area contributed by atoms with Gasteiger partial charge in [-0.05, 0) is 67.1 Å². The lowest BCUT2D eigenvalue weighted by molar-refractivity contribution is 0.0746. The lowest BCUT2D eigenvalue weighted by Crippen LogP contribution is -2.49. The van der Waals surface area contributed by atoms with Crippen molar-refractivity contribution < 1.29 is 14.3 Å². The first kappa shape index (κ1) is 24.6. The van der Waals surface area contributed by atoms with Crippen LogP contribution in [0.5, 0.6) is 5.75 Å². The van der Waals surface area contributed by atoms with Gasteiger partial charge in [0.25, 0.3) is 11.8 Å². The van der Waals surface area contributed by atoms with E-state index in [2.05, 4.69) is 17.1 Å². The maximum absolute atomic E-state index is 12.9. The van der Waals surface area contributed by atoms with Crippen LogP contribution in [0.4, 0.5) is 11.4 Å². The molecule has 35 heavy (non-hydrogen) atoms. The number of benzene rings is 3. The molecule has 0 radical (unpaired) electrons. The molecule has 0 atom stereocenters. The molecule has 2 amide bonds. The van der Waals surface area contributed by atoms with Crippen LogP contribution in [0.15, 0.2) is 72.8 Å². The van der Waals surface area contributed by atoms with E-state index < -0.39 is 0 Å². The van der Waals surface area contributed by atoms with Crippen LogP contribution in [-0.4, -0.2) is 49.5 Å². The van der Waals surface area contributed by atoms with E-state index in [1.807, 2.05) is 41.3 Å². The number of unbranched alkanes of at least 4 members (excludes halogenated alkanes) is 1. The maximum atomic E-state index is 12.9. The molecule has 0 aliphatic carbocycles. The van der Waals surface area contributed by atoms with Gasteiger partial charge >= 0.3 is 0 Å². The van der Waals surface area contributed by atoms with E-state index in [4.69, 9.17) is 16.3 Å². The minimum absolute atomic E-state index is 0.00465. The van der Waals surface area contributed by atoms with Crippen molar-refractivity contribution >= 4 is 34.8 Å². The maximum Gasteiger partial charge on any atom is 0.255 e. The molecule has 7 heteroatoms. The molecule has 0 spiro atoms. The summed E-state index contributed by atoms with van der Waals surface area (Å²) in [6.07, 6.45) is 2.08. The van der Waals surface area contributed by atoms with Crippen LogP contribution in [0.1, 0.15) is 40.5 Å². The first-order valence-electron chi connectivity index (χ1n) is 12.0. The van der Waals surface area contributed by atoms with Crippen LogP contribution in [-0.2, 0) is 0 Å². The Morgan fingerprint density at radius 2 is 1.54 bits per heavy atom. The number of carbonyl (C=O) groups excluding carboxylic acids is 2. The Morgan fingerprint density at radius 3 is 2.23 bits per heavy atom. The average molecular weight is 492 g/mol. The molecule has 1 heterocycles. The summed E-state index contributed by atoms with van der Waals surface area (Å²) in [5, 5.41) is 3.66. The first-order chi connectivity index (χ1) is 17.0. The predicted molar refractivity (Wildman–Crippen MR) is 141 cm³/mol. The van der Waals surface area contributed by atoms with Gasteiger partial charge in [0.1, 0.15) is 5.75 Å². The molecule has 1 saturated heterocycles. The molecule has 0 bridgehead atoms. The molecule has 182 valence electrons. The van der Waals surface area contributed by atoms with Gasteiger partial charge in [-0.25, -0.2) is 0 Å². The monoisotopic (exact) mass is 491 g/mol. The van der Waals surface area contributed by atoms with Crippen LogP contribution in [0.2, 0.25) is 5.02 Å². The van der Waals surface area contributed by atoms with Gasteiger partial charge in [0.15, 0.2) is 0 Å². The van der Waals surface area contributed by atoms with Gasteiger partial charge in [0.2, 0.25) is 0 Å². The van der Waals surface area contributed by atoms with E-state index in [1.165, 1.54) is 0 Å². The summed E-state index contributed by atoms with van der Waals surface area (Å²) >= 11 is 5.94. The third-order valence-corrected chi connectivity index (χ3v) is 6.29. The van der Waals surface area contributed by atoms with Gasteiger partial charge in [-0.3, -0.25) is 9.59 Å². The van der Waals surface area contributed by atoms with Crippen LogP contribution >= 0.6 is 11.6 Å². The minimum atomic E-state index is -0.172. The number of halogens is 1. The Labute approximate surface area is 211 Å². The summed E-state index contributed by atoms with van der Waals surface area (Å²) in [5.41, 5.74) is 2.90. The fourth-order valence-electron chi connectivity index (χ4n) is 4.01. The SMILES string of the molecule is CCCCOc1ccc(C(=O)Nc2ccccc2N2CCN(C(=O)c3ccc(Cl)cc3)CC2)cc1. The largest absolute Gasteiger partial charge is 0.494 e. The topological polar surface area (TPSA) is 61.9 Å². The summed E-state index contributed by atoms with van der Waals surface area (Å²) in [5.74, 6) is 0.598. The van der Waals surface area contributed by atoms with E-state index in [0.29, 0.717) is 48.9 Å². The van der Waals surface area contributed by atoms with Crippen molar-refractivity contribution in [1.82, 2.24) is 4.90 Å². The Morgan fingerprint density at radius 1 is 0.886 bits per heavy atom. The zero-order chi connectivity index (χ0) is 24.6. The fraction of sp³-hybridized carbons (Fsp3) is 0.286. The molecule has 4 rings (SSSR count). The molecule has 3 aromatic rings. The van der Waals surface area contributed by atoms with Crippen molar-refractivity contribution in [2.45, 2.75) is 19.8 Å². The third-order valence-electron chi connectivity index (χ3n) is 6.03. The van der Waals surface area contributed by atoms with Crippen molar-refractivity contribution in [3.63, 3.8) is 0 Å². The lowest BCUT2D eigenvalue weighted by Gasteiger charge is -2.37. The number of piperazine rings is 1. The fourth-order valence-corrected chi connectivity index (χ4v) is 4.14. The summed E-state index contributed by atoms with van der Waals surface area (Å²) in [6, 6.07) is 22.0. The zero-order valence-electron chi connectivity index (χ0n) is 19.9. The van der Waals surface area contributed by atoms with Crippen molar-refractivity contribution in [1.29, 1.82) is 0 Å². The van der Waals surface area contributed by atoms with Crippen molar-refractivity contribution in [3.05, 3.63) is 88.9 Å². The summed E-state index contributed by atoms with van der Waals surface area (Å²) < 4.78 is 5.68. The normalized spacial score (nSPS) is 13.4. The van der Waals surface area contributed by atoms with Gasteiger partial charge in [-0.15, -0.1) is 0 Å². The predicted octanol–water partition coefficient (Wildman–Crippen LogP) is 5.73. The average Bonchev–Trinajstić information content (AvgIpc) is 2.90. The number of rotatable bonds is 8. The van der Waals surface area contributed by atoms with Gasteiger partial charge in [0, 0.05) is 42.3 Å². The number of carbonyl (C=O) groups is 2. The molecule has 0 unspecified atom stereocenters. The Kier molecular flexibility index (Phi) is 8.27. The van der Waals surface area contributed by atoms with Crippen LogP contribution < -0.4 is 15.0 Å². The van der Waals surface area contributed by atoms with Crippen LogP contribution in [0.25, 0.3) is 0 Å². The molecule has 1 aliphatic rings. The highest BCUT2D eigenvalue weighted by Crippen LogP contribution is 2.28. The molecule has 0 saturated carbocycles. The Hall–Kier alpha value is -3.51. The second-order valence-corrected chi connectivity index (χ2v) is 8.92. The van der Waals surface area contributed by atoms with Gasteiger partial charge < -0.3 is 19.9 Å². The molecule has 1 aliphatic heterocycles. The number of hydrogen-bond acceptors (Lipinski definition) is 4. The number of para-hydroxylation sites is 2. The number of hydrogen-bond donors (Lipinski definition) is 1. The quantitative estimate of drug-likeness (QED) is 0.408. The minimum Gasteiger partial charge on any atom is -0.494 e. The molecule has 6 nitrogen and oxygen atoms in total. The van der Waals surface area contributed by atoms with E-state index in [-0.39, 0.29) is 11.8 Å². The Bertz CT molecular complexity index is 1140. The highest BCUT2D eigenvalue weighted by molar-refractivity contribution is 6.30. The first-order valence-corrected chi connectivity index (χ1v) is 12.4. The highest BCUT2D eigenvalue weighted by Gasteiger charge is 2.24. The third kappa shape index (κ3) is 6.34. The number of ether oxygens (including phenoxy) is 1. The molecule has 1 N–H and O–H groups in total. The van der Waals surface area contributed by atoms with Crippen molar-refractivity contribution in [2.24, 2.45) is 0 Å². The second-order valence-electron chi connectivity index (χ2n) is 8.48. The summed E-state index contributed by atoms with van der Waals surface area (Å²) in [4.78, 5) is 29.8. The van der Waals surface area contributed by atoms with E-state index in [9.17, 15) is 9.59 Å². The molecule has 3 aromatic carbocycles. The zero-order valence-corrected chi connectivity index (χ0v) is 20.6. The molecular formula is C28H30ClN3O3. The van der Waals surface area contributed by atoms with Crippen LogP contribution in [0, 0.1) is 0 Å². The van der Waals surface area contributed by atoms with Crippen LogP contribution in [0.3, 0.4) is 0 Å². The second kappa shape index (κ2) is 11.8. The summed E-state index contributed by atoms with van der Waals surface area (Å²) in [7, 11) is 0. The van der Waals surface area contributed by atoms with Gasteiger partial charge in [0.05, 0.1) is 18.0 Å². The van der Waals surface area contributed by atoms with E-state index in [1.54, 1.807) is 36.4 Å². The smallest absolute Gasteiger partial charge is 0.255 e. The van der Waals surface area contributed by atoms with Gasteiger partial charge in [-0.1, -0.05) is 37.1 Å². The standard InChI is InChI=1S/C28H30ClN3O3/c1-2-3-20-35-24-14-10-21(11-15-24)27(33)30-25-6-4-5-7-26(25)31-16-18-32(19-17-31)28(34)22-8-12-23(29)13-9-22/h4-15H,2-3,16-20H2,1H3,(H,30,33). The van der Waals surface area contributed by atoms with E-state index in [0.717, 1.165) is 30.0 Å². The molecule has 0 aromatic heterocycles. The highest BCUT2D eigenvalue weighted by atomic mass is 35.5. The van der Waals surface area contributed by atoms with Gasteiger partial charge in [-0.2, -0.15) is 0 Å². The number of amides is 2. The Balaban J connectivity index is 1.37. The number of nitrogens with one attached hydrogen (secondary N) is 1. The summed E-state index contributed by atoms with van der Waals surface area (Å²) in [6.45, 7) is 5.35. The van der Waals surface area contributed by atoms with E-state index >= 15 is 0 Å². The number of nitrogens with zero attached hydrogens (tertiary/aromatic N) is 2. The number of anilines is 2. The lowest BCUT2D eigenvalue weighted by atomic mass is 10.1. The van der Waals surface area contributed by atoms with Crippen molar-refractivity contribution in [3.8, 4) is 5.75 Å². The molecular weight excluding hydrogens is 462 g/mol. The molecule has 1 fully saturated rings. The van der Waals surface area contributed by atoms with Crippen molar-refractivity contribution in [2.75, 3.05) is 43.0 Å².